The minimum Gasteiger partial charge on any atom is -0.380 e. The Labute approximate surface area is 127 Å². The molecule has 3 rings (SSSR count). The van der Waals surface area contributed by atoms with Crippen molar-refractivity contribution in [1.82, 2.24) is 14.5 Å². The van der Waals surface area contributed by atoms with Crippen molar-refractivity contribution in [3.8, 4) is 0 Å². The molecule has 2 aromatic heterocycles. The predicted octanol–water partition coefficient (Wildman–Crippen LogP) is 1.28. The fraction of sp³-hybridized carbons (Fsp3) is 0.375. The van der Waals surface area contributed by atoms with Crippen LogP contribution in [0.4, 0.5) is 0 Å². The molecule has 110 valence electrons. The van der Waals surface area contributed by atoms with Crippen LogP contribution in [0.3, 0.4) is 0 Å². The monoisotopic (exact) mass is 301 g/mol. The van der Waals surface area contributed by atoms with Gasteiger partial charge in [-0.3, -0.25) is 9.36 Å². The molecule has 21 heavy (non-hydrogen) atoms. The summed E-state index contributed by atoms with van der Waals surface area (Å²) in [7, 11) is 4.08. The van der Waals surface area contributed by atoms with Crippen LogP contribution < -0.4 is 15.3 Å². The smallest absolute Gasteiger partial charge is 0.271 e. The number of aryl methyl sites for hydroxylation is 1. The van der Waals surface area contributed by atoms with Crippen molar-refractivity contribution < 1.29 is 0 Å². The van der Waals surface area contributed by atoms with Crippen LogP contribution >= 0.6 is 11.3 Å². The number of rotatable bonds is 3. The molecule has 0 N–H and O–H groups in total. The second-order valence-electron chi connectivity index (χ2n) is 5.40. The van der Waals surface area contributed by atoms with Crippen molar-refractivity contribution >= 4 is 33.3 Å². The lowest BCUT2D eigenvalue weighted by Gasteiger charge is -2.15. The molecule has 0 fully saturated rings. The molecule has 0 saturated heterocycles. The van der Waals surface area contributed by atoms with E-state index in [-0.39, 0.29) is 5.56 Å². The third kappa shape index (κ3) is 2.31. The van der Waals surface area contributed by atoms with E-state index >= 15 is 0 Å². The molecular weight excluding hydrogens is 282 g/mol. The standard InChI is InChI=1S/C16H19N3OS/c1-4-9-19-10-17-14-13-11(18(2)3)7-5-6-8-12(13)21-15(14)16(19)20/h5-6,8,10H,4,7,9H2,1-3H3. The van der Waals surface area contributed by atoms with Gasteiger partial charge in [0.25, 0.3) is 5.56 Å². The summed E-state index contributed by atoms with van der Waals surface area (Å²) < 4.78 is 3.60. The number of nitrogens with zero attached hydrogens (tertiary/aromatic N) is 3. The zero-order chi connectivity index (χ0) is 15.0. The van der Waals surface area contributed by atoms with Crippen molar-refractivity contribution in [1.29, 1.82) is 0 Å². The number of hydrogen-bond donors (Lipinski definition) is 0. The normalized spacial score (nSPS) is 14.0. The fourth-order valence-electron chi connectivity index (χ4n) is 2.66. The van der Waals surface area contributed by atoms with E-state index < -0.39 is 0 Å². The topological polar surface area (TPSA) is 38.1 Å². The summed E-state index contributed by atoms with van der Waals surface area (Å²) in [6.07, 6.45) is 9.78. The molecule has 0 aliphatic heterocycles. The van der Waals surface area contributed by atoms with Crippen molar-refractivity contribution in [3.63, 3.8) is 0 Å². The quantitative estimate of drug-likeness (QED) is 0.857. The van der Waals surface area contributed by atoms with Gasteiger partial charge >= 0.3 is 0 Å². The zero-order valence-corrected chi connectivity index (χ0v) is 13.4. The van der Waals surface area contributed by atoms with Crippen LogP contribution in [0.25, 0.3) is 22.0 Å². The molecule has 0 unspecified atom stereocenters. The molecule has 5 heteroatoms. The third-order valence-electron chi connectivity index (χ3n) is 3.68. The van der Waals surface area contributed by atoms with Gasteiger partial charge in [-0.1, -0.05) is 19.1 Å². The van der Waals surface area contributed by atoms with Crippen LogP contribution in [0, 0.1) is 0 Å². The van der Waals surface area contributed by atoms with Crippen molar-refractivity contribution in [2.24, 2.45) is 0 Å². The summed E-state index contributed by atoms with van der Waals surface area (Å²) in [5.41, 5.74) is 2.13. The second kappa shape index (κ2) is 5.48. The van der Waals surface area contributed by atoms with Crippen LogP contribution in [0.15, 0.2) is 23.3 Å². The van der Waals surface area contributed by atoms with Crippen molar-refractivity contribution in [3.05, 3.63) is 38.6 Å². The molecule has 0 bridgehead atoms. The zero-order valence-electron chi connectivity index (χ0n) is 12.6. The van der Waals surface area contributed by atoms with Crippen LogP contribution in [0.2, 0.25) is 0 Å². The number of aromatic nitrogens is 2. The van der Waals surface area contributed by atoms with Gasteiger partial charge in [-0.05, 0) is 12.5 Å². The molecular formula is C16H19N3OS. The highest BCUT2D eigenvalue weighted by Gasteiger charge is 2.13. The molecule has 0 spiro atoms. The van der Waals surface area contributed by atoms with Crippen LogP contribution in [0.5, 0.6) is 0 Å². The van der Waals surface area contributed by atoms with Crippen LogP contribution in [-0.2, 0) is 6.54 Å². The molecule has 4 nitrogen and oxygen atoms in total. The van der Waals surface area contributed by atoms with Crippen molar-refractivity contribution in [2.45, 2.75) is 26.3 Å². The van der Waals surface area contributed by atoms with Gasteiger partial charge in [-0.2, -0.15) is 0 Å². The minimum absolute atomic E-state index is 0.0791. The molecule has 0 atom stereocenters. The minimum atomic E-state index is 0.0791. The van der Waals surface area contributed by atoms with Gasteiger partial charge in [0.15, 0.2) is 0 Å². The number of thiophene rings is 1. The maximum atomic E-state index is 12.6. The van der Waals surface area contributed by atoms with Gasteiger partial charge < -0.3 is 4.90 Å². The number of allylic oxidation sites excluding steroid dienone is 1. The van der Waals surface area contributed by atoms with E-state index in [2.05, 4.69) is 35.0 Å². The lowest BCUT2D eigenvalue weighted by Crippen LogP contribution is -2.28. The Hall–Kier alpha value is -1.88. The molecule has 1 aliphatic carbocycles. The molecule has 0 saturated carbocycles. The lowest BCUT2D eigenvalue weighted by molar-refractivity contribution is 0.573. The molecule has 0 aromatic carbocycles. The molecule has 2 heterocycles. The average molecular weight is 301 g/mol. The van der Waals surface area contributed by atoms with E-state index in [1.807, 2.05) is 14.1 Å². The largest absolute Gasteiger partial charge is 0.380 e. The Kier molecular flexibility index (Phi) is 3.68. The van der Waals surface area contributed by atoms with E-state index in [9.17, 15) is 4.79 Å². The maximum Gasteiger partial charge on any atom is 0.271 e. The van der Waals surface area contributed by atoms with Gasteiger partial charge in [0.05, 0.1) is 11.8 Å². The summed E-state index contributed by atoms with van der Waals surface area (Å²) in [6, 6.07) is 0. The Morgan fingerprint density at radius 3 is 2.95 bits per heavy atom. The SMILES string of the molecule is CCCn1cnc2c3c(sc2c1=O)=CC=CCC=3N(C)C. The Morgan fingerprint density at radius 1 is 1.43 bits per heavy atom. The average Bonchev–Trinajstić information content (AvgIpc) is 2.68. The second-order valence-corrected chi connectivity index (χ2v) is 6.45. The summed E-state index contributed by atoms with van der Waals surface area (Å²) >= 11 is 1.55. The highest BCUT2D eigenvalue weighted by molar-refractivity contribution is 7.16. The van der Waals surface area contributed by atoms with E-state index in [4.69, 9.17) is 0 Å². The van der Waals surface area contributed by atoms with Gasteiger partial charge in [-0.15, -0.1) is 11.3 Å². The first-order valence-corrected chi connectivity index (χ1v) is 8.00. The van der Waals surface area contributed by atoms with E-state index in [1.54, 1.807) is 22.2 Å². The first-order valence-electron chi connectivity index (χ1n) is 7.18. The first kappa shape index (κ1) is 14.1. The van der Waals surface area contributed by atoms with Crippen LogP contribution in [-0.4, -0.2) is 28.5 Å². The molecule has 0 amide bonds. The predicted molar refractivity (Wildman–Crippen MR) is 88.7 cm³/mol. The van der Waals surface area contributed by atoms with Gasteiger partial charge in [-0.25, -0.2) is 4.98 Å². The number of hydrogen-bond acceptors (Lipinski definition) is 4. The molecule has 2 aromatic rings. The maximum absolute atomic E-state index is 12.6. The van der Waals surface area contributed by atoms with E-state index in [0.717, 1.165) is 39.4 Å². The van der Waals surface area contributed by atoms with Gasteiger partial charge in [0, 0.05) is 42.5 Å². The van der Waals surface area contributed by atoms with Gasteiger partial charge in [0.1, 0.15) is 4.70 Å². The van der Waals surface area contributed by atoms with Crippen molar-refractivity contribution in [2.75, 3.05) is 14.1 Å². The summed E-state index contributed by atoms with van der Waals surface area (Å²) in [4.78, 5) is 19.3. The lowest BCUT2D eigenvalue weighted by atomic mass is 10.2. The summed E-state index contributed by atoms with van der Waals surface area (Å²) in [5, 5.41) is 1.12. The molecule has 1 aliphatic rings. The highest BCUT2D eigenvalue weighted by atomic mass is 32.1. The van der Waals surface area contributed by atoms with Gasteiger partial charge in [0.2, 0.25) is 0 Å². The van der Waals surface area contributed by atoms with E-state index in [0.29, 0.717) is 0 Å². The third-order valence-corrected chi connectivity index (χ3v) is 4.81. The van der Waals surface area contributed by atoms with Crippen LogP contribution in [0.1, 0.15) is 19.8 Å². The number of fused-ring (bicyclic) bond motifs is 3. The summed E-state index contributed by atoms with van der Waals surface area (Å²) in [5.74, 6) is 0. The summed E-state index contributed by atoms with van der Waals surface area (Å²) in [6.45, 7) is 2.79. The molecule has 0 radical (unpaired) electrons. The van der Waals surface area contributed by atoms with E-state index in [1.165, 1.54) is 5.70 Å². The Morgan fingerprint density at radius 2 is 2.24 bits per heavy atom. The first-order chi connectivity index (χ1) is 10.1. The Bertz CT molecular complexity index is 887. The highest BCUT2D eigenvalue weighted by Crippen LogP contribution is 2.12. The Balaban J connectivity index is 2.45. The fourth-order valence-corrected chi connectivity index (χ4v) is 3.80.